The van der Waals surface area contributed by atoms with Gasteiger partial charge in [-0.3, -0.25) is 9.69 Å². The monoisotopic (exact) mass is 274 g/mol. The van der Waals surface area contributed by atoms with Gasteiger partial charge in [0.2, 0.25) is 5.91 Å². The van der Waals surface area contributed by atoms with Crippen molar-refractivity contribution in [2.75, 3.05) is 13.1 Å². The molecule has 0 radical (unpaired) electrons. The van der Waals surface area contributed by atoms with E-state index in [1.807, 2.05) is 6.92 Å². The molecule has 0 spiro atoms. The van der Waals surface area contributed by atoms with Crippen LogP contribution >= 0.6 is 0 Å². The Bertz CT molecular complexity index is 482. The molecule has 1 aromatic rings. The Morgan fingerprint density at radius 2 is 2.05 bits per heavy atom. The largest absolute Gasteiger partial charge is 0.354 e. The molecule has 0 fully saturated rings. The van der Waals surface area contributed by atoms with Crippen LogP contribution in [0.3, 0.4) is 0 Å². The number of hydrogen-bond acceptors (Lipinski definition) is 2. The first-order valence-electron chi connectivity index (χ1n) is 7.57. The summed E-state index contributed by atoms with van der Waals surface area (Å²) in [5.74, 6) is 0.644. The highest BCUT2D eigenvalue weighted by Gasteiger charge is 2.25. The van der Waals surface area contributed by atoms with E-state index in [-0.39, 0.29) is 11.9 Å². The van der Waals surface area contributed by atoms with Crippen LogP contribution < -0.4 is 5.32 Å². The summed E-state index contributed by atoms with van der Waals surface area (Å²) in [6, 6.07) is 6.58. The average molecular weight is 274 g/mol. The molecule has 0 saturated carbocycles. The van der Waals surface area contributed by atoms with Gasteiger partial charge in [0, 0.05) is 19.6 Å². The highest BCUT2D eigenvalue weighted by molar-refractivity contribution is 5.81. The molecule has 1 heterocycles. The fourth-order valence-electron chi connectivity index (χ4n) is 2.65. The molecule has 1 aliphatic heterocycles. The van der Waals surface area contributed by atoms with Crippen molar-refractivity contribution in [2.24, 2.45) is 5.92 Å². The van der Waals surface area contributed by atoms with Gasteiger partial charge in [-0.1, -0.05) is 37.6 Å². The third-order valence-corrected chi connectivity index (χ3v) is 4.02. The molecular formula is C17H26N2O. The summed E-state index contributed by atoms with van der Waals surface area (Å²) < 4.78 is 0. The van der Waals surface area contributed by atoms with E-state index in [4.69, 9.17) is 0 Å². The summed E-state index contributed by atoms with van der Waals surface area (Å²) in [4.78, 5) is 14.4. The Kier molecular flexibility index (Phi) is 4.81. The molecule has 1 atom stereocenters. The van der Waals surface area contributed by atoms with Crippen LogP contribution in [0.15, 0.2) is 18.2 Å². The number of carbonyl (C=O) groups is 1. The van der Waals surface area contributed by atoms with E-state index in [2.05, 4.69) is 49.2 Å². The van der Waals surface area contributed by atoms with Crippen LogP contribution in [0.4, 0.5) is 0 Å². The second kappa shape index (κ2) is 6.40. The molecule has 0 saturated heterocycles. The number of rotatable bonds is 4. The summed E-state index contributed by atoms with van der Waals surface area (Å²) in [5, 5.41) is 3.03. The Morgan fingerprint density at radius 1 is 1.30 bits per heavy atom. The average Bonchev–Trinajstić information content (AvgIpc) is 2.43. The molecule has 0 unspecified atom stereocenters. The summed E-state index contributed by atoms with van der Waals surface area (Å²) in [6.07, 6.45) is 1.04. The third kappa shape index (κ3) is 3.60. The van der Waals surface area contributed by atoms with E-state index < -0.39 is 0 Å². The van der Waals surface area contributed by atoms with Gasteiger partial charge >= 0.3 is 0 Å². The van der Waals surface area contributed by atoms with E-state index in [1.54, 1.807) is 0 Å². The maximum absolute atomic E-state index is 12.2. The molecule has 1 aromatic carbocycles. The minimum absolute atomic E-state index is 0.0526. The molecule has 0 bridgehead atoms. The zero-order valence-electron chi connectivity index (χ0n) is 13.1. The van der Waals surface area contributed by atoms with Gasteiger partial charge in [-0.05, 0) is 37.3 Å². The van der Waals surface area contributed by atoms with Crippen LogP contribution in [-0.4, -0.2) is 29.9 Å². The number of fused-ring (bicyclic) bond motifs is 1. The molecule has 2 rings (SSSR count). The lowest BCUT2D eigenvalue weighted by Gasteiger charge is -2.33. The fourth-order valence-corrected chi connectivity index (χ4v) is 2.65. The van der Waals surface area contributed by atoms with Crippen molar-refractivity contribution in [1.29, 1.82) is 0 Å². The first-order valence-corrected chi connectivity index (χ1v) is 7.57. The minimum Gasteiger partial charge on any atom is -0.354 e. The van der Waals surface area contributed by atoms with Crippen molar-refractivity contribution in [3.63, 3.8) is 0 Å². The molecule has 20 heavy (non-hydrogen) atoms. The van der Waals surface area contributed by atoms with Gasteiger partial charge in [0.1, 0.15) is 0 Å². The lowest BCUT2D eigenvalue weighted by Crippen LogP contribution is -2.47. The van der Waals surface area contributed by atoms with Crippen LogP contribution in [0.25, 0.3) is 0 Å². The molecule has 3 nitrogen and oxygen atoms in total. The Labute approximate surface area is 122 Å². The molecule has 0 aliphatic carbocycles. The van der Waals surface area contributed by atoms with Crippen molar-refractivity contribution < 1.29 is 4.79 Å². The maximum atomic E-state index is 12.2. The van der Waals surface area contributed by atoms with Gasteiger partial charge < -0.3 is 5.32 Å². The number of benzene rings is 1. The first-order chi connectivity index (χ1) is 9.47. The molecule has 1 amide bonds. The number of hydrogen-bond donors (Lipinski definition) is 1. The van der Waals surface area contributed by atoms with Gasteiger partial charge in [-0.15, -0.1) is 0 Å². The van der Waals surface area contributed by atoms with Crippen LogP contribution in [-0.2, 0) is 17.8 Å². The molecule has 0 aromatic heterocycles. The quantitative estimate of drug-likeness (QED) is 0.915. The van der Waals surface area contributed by atoms with E-state index in [9.17, 15) is 4.79 Å². The SMILES string of the molecule is Cc1ccc2c(c1)CCN([C@@H](C)C(=O)NCC(C)C)C2. The van der Waals surface area contributed by atoms with E-state index in [1.165, 1.54) is 16.7 Å². The molecule has 1 aliphatic rings. The molecule has 1 N–H and O–H groups in total. The van der Waals surface area contributed by atoms with Gasteiger partial charge in [-0.25, -0.2) is 0 Å². The Hall–Kier alpha value is -1.35. The van der Waals surface area contributed by atoms with Crippen molar-refractivity contribution in [3.8, 4) is 0 Å². The van der Waals surface area contributed by atoms with Crippen molar-refractivity contribution in [3.05, 3.63) is 34.9 Å². The Balaban J connectivity index is 1.98. The maximum Gasteiger partial charge on any atom is 0.237 e. The van der Waals surface area contributed by atoms with Crippen LogP contribution in [0.5, 0.6) is 0 Å². The van der Waals surface area contributed by atoms with Crippen LogP contribution in [0.1, 0.15) is 37.5 Å². The summed E-state index contributed by atoms with van der Waals surface area (Å²) in [5.41, 5.74) is 4.13. The minimum atomic E-state index is -0.0526. The highest BCUT2D eigenvalue weighted by Crippen LogP contribution is 2.21. The first kappa shape index (κ1) is 15.0. The van der Waals surface area contributed by atoms with Gasteiger partial charge in [0.25, 0.3) is 0 Å². The lowest BCUT2D eigenvalue weighted by atomic mass is 9.96. The predicted octanol–water partition coefficient (Wildman–Crippen LogP) is 2.51. The number of nitrogens with one attached hydrogen (secondary N) is 1. The predicted molar refractivity (Wildman–Crippen MR) is 82.6 cm³/mol. The second-order valence-corrected chi connectivity index (χ2v) is 6.31. The highest BCUT2D eigenvalue weighted by atomic mass is 16.2. The van der Waals surface area contributed by atoms with Gasteiger partial charge in [0.05, 0.1) is 6.04 Å². The zero-order valence-corrected chi connectivity index (χ0v) is 13.1. The van der Waals surface area contributed by atoms with Gasteiger partial charge in [0.15, 0.2) is 0 Å². The summed E-state index contributed by atoms with van der Waals surface area (Å²) in [6.45, 7) is 11.0. The van der Waals surface area contributed by atoms with Crippen LogP contribution in [0.2, 0.25) is 0 Å². The lowest BCUT2D eigenvalue weighted by molar-refractivity contribution is -0.126. The standard InChI is InChI=1S/C17H26N2O/c1-12(2)10-18-17(20)14(4)19-8-7-15-9-13(3)5-6-16(15)11-19/h5-6,9,12,14H,7-8,10-11H2,1-4H3,(H,18,20)/t14-/m0/s1. The zero-order chi connectivity index (χ0) is 14.7. The number of amides is 1. The van der Waals surface area contributed by atoms with E-state index >= 15 is 0 Å². The van der Waals surface area contributed by atoms with E-state index in [0.717, 1.165) is 26.1 Å². The second-order valence-electron chi connectivity index (χ2n) is 6.31. The molecular weight excluding hydrogens is 248 g/mol. The normalized spacial score (nSPS) is 16.9. The number of nitrogens with zero attached hydrogens (tertiary/aromatic N) is 1. The van der Waals surface area contributed by atoms with Crippen molar-refractivity contribution >= 4 is 5.91 Å². The summed E-state index contributed by atoms with van der Waals surface area (Å²) in [7, 11) is 0. The van der Waals surface area contributed by atoms with E-state index in [0.29, 0.717) is 5.92 Å². The van der Waals surface area contributed by atoms with Crippen LogP contribution in [0, 0.1) is 12.8 Å². The van der Waals surface area contributed by atoms with Gasteiger partial charge in [-0.2, -0.15) is 0 Å². The van der Waals surface area contributed by atoms with Crippen molar-refractivity contribution in [1.82, 2.24) is 10.2 Å². The topological polar surface area (TPSA) is 32.3 Å². The fraction of sp³-hybridized carbons (Fsp3) is 0.588. The molecule has 3 heteroatoms. The number of aryl methyl sites for hydroxylation is 1. The molecule has 110 valence electrons. The Morgan fingerprint density at radius 3 is 2.75 bits per heavy atom. The smallest absolute Gasteiger partial charge is 0.237 e. The van der Waals surface area contributed by atoms with Crippen molar-refractivity contribution in [2.45, 2.75) is 46.7 Å². The number of carbonyl (C=O) groups excluding carboxylic acids is 1. The third-order valence-electron chi connectivity index (χ3n) is 4.02. The summed E-state index contributed by atoms with van der Waals surface area (Å²) >= 11 is 0.